The van der Waals surface area contributed by atoms with E-state index in [1.165, 1.54) is 0 Å². The fourth-order valence-corrected chi connectivity index (χ4v) is 0.154. The van der Waals surface area contributed by atoms with Gasteiger partial charge in [0.25, 0.3) is 0 Å². The Balaban J connectivity index is 3.35. The summed E-state index contributed by atoms with van der Waals surface area (Å²) in [6.45, 7) is 3.02. The van der Waals surface area contributed by atoms with Crippen LogP contribution in [0, 0.1) is 11.3 Å². The number of alkyl halides is 1. The Kier molecular flexibility index (Phi) is 2.56. The smallest absolute Gasteiger partial charge is 0.127 e. The van der Waals surface area contributed by atoms with Crippen LogP contribution in [0.1, 0.15) is 13.8 Å². The molecule has 2 heteroatoms. The van der Waals surface area contributed by atoms with Gasteiger partial charge < -0.3 is 5.41 Å². The molecule has 0 aliphatic heterocycles. The topological polar surface area (TPSA) is 23.9 Å². The van der Waals surface area contributed by atoms with Gasteiger partial charge in [0.15, 0.2) is 0 Å². The summed E-state index contributed by atoms with van der Waals surface area (Å²) in [6, 6.07) is 0. The Bertz CT molecular complexity index is 68.5. The zero-order valence-electron chi connectivity index (χ0n) is 4.66. The molecule has 0 heterocycles. The molecule has 0 saturated carbocycles. The molecule has 0 radical (unpaired) electrons. The van der Waals surface area contributed by atoms with Crippen molar-refractivity contribution in [2.24, 2.45) is 5.92 Å². The van der Waals surface area contributed by atoms with Crippen LogP contribution in [0.15, 0.2) is 0 Å². The molecule has 0 saturated heterocycles. The molecule has 0 unspecified atom stereocenters. The third-order valence-electron chi connectivity index (χ3n) is 0.841. The molecule has 42 valence electrons. The summed E-state index contributed by atoms with van der Waals surface area (Å²) in [7, 11) is 0. The summed E-state index contributed by atoms with van der Waals surface area (Å²) in [5.74, 6) is 0.0741. The van der Waals surface area contributed by atoms with Crippen molar-refractivity contribution in [2.75, 3.05) is 6.67 Å². The maximum Gasteiger partial charge on any atom is 0.127 e. The van der Waals surface area contributed by atoms with E-state index >= 15 is 0 Å². The average molecular weight is 103 g/mol. The highest BCUT2D eigenvalue weighted by Crippen LogP contribution is 1.93. The maximum atomic E-state index is 11.4. The summed E-state index contributed by atoms with van der Waals surface area (Å²) < 4.78 is 11.4. The van der Waals surface area contributed by atoms with Gasteiger partial charge in [0.1, 0.15) is 6.67 Å². The lowest BCUT2D eigenvalue weighted by Crippen LogP contribution is -2.06. The van der Waals surface area contributed by atoms with Gasteiger partial charge in [-0.1, -0.05) is 13.8 Å². The van der Waals surface area contributed by atoms with E-state index < -0.39 is 6.67 Å². The molecule has 0 rings (SSSR count). The minimum Gasteiger partial charge on any atom is -0.307 e. The molecule has 1 N–H and O–H groups in total. The first-order valence-corrected chi connectivity index (χ1v) is 2.31. The fraction of sp³-hybridized carbons (Fsp3) is 0.800. The van der Waals surface area contributed by atoms with Gasteiger partial charge in [0.05, 0.1) is 0 Å². The number of rotatable bonds is 2. The SMILES string of the molecule is CC(C)C(=N)CF. The molecular formula is C5H10FN. The van der Waals surface area contributed by atoms with Gasteiger partial charge in [-0.15, -0.1) is 0 Å². The van der Waals surface area contributed by atoms with E-state index in [1.54, 1.807) is 0 Å². The Morgan fingerprint density at radius 2 is 2.14 bits per heavy atom. The maximum absolute atomic E-state index is 11.4. The molecule has 0 atom stereocenters. The van der Waals surface area contributed by atoms with Crippen LogP contribution in [-0.2, 0) is 0 Å². The van der Waals surface area contributed by atoms with Gasteiger partial charge in [-0.25, -0.2) is 4.39 Å². The molecule has 0 aromatic heterocycles. The summed E-state index contributed by atoms with van der Waals surface area (Å²) in [6.07, 6.45) is 0. The van der Waals surface area contributed by atoms with Crippen LogP contribution in [0.3, 0.4) is 0 Å². The van der Waals surface area contributed by atoms with Crippen molar-refractivity contribution < 1.29 is 4.39 Å². The molecule has 0 aromatic rings. The van der Waals surface area contributed by atoms with Crippen LogP contribution in [0.4, 0.5) is 4.39 Å². The predicted octanol–water partition coefficient (Wildman–Crippen LogP) is 1.63. The zero-order valence-corrected chi connectivity index (χ0v) is 4.66. The molecule has 0 amide bonds. The van der Waals surface area contributed by atoms with Crippen LogP contribution in [-0.4, -0.2) is 12.4 Å². The zero-order chi connectivity index (χ0) is 5.86. The van der Waals surface area contributed by atoms with E-state index in [0.29, 0.717) is 0 Å². The Hall–Kier alpha value is -0.400. The Morgan fingerprint density at radius 3 is 2.14 bits per heavy atom. The lowest BCUT2D eigenvalue weighted by atomic mass is 10.1. The van der Waals surface area contributed by atoms with Crippen molar-refractivity contribution in [1.82, 2.24) is 0 Å². The van der Waals surface area contributed by atoms with Crippen LogP contribution < -0.4 is 0 Å². The highest BCUT2D eigenvalue weighted by Gasteiger charge is 1.98. The van der Waals surface area contributed by atoms with Crippen molar-refractivity contribution >= 4 is 5.71 Å². The lowest BCUT2D eigenvalue weighted by Gasteiger charge is -1.98. The quantitative estimate of drug-likeness (QED) is 0.513. The highest BCUT2D eigenvalue weighted by molar-refractivity contribution is 5.84. The second kappa shape index (κ2) is 2.72. The first-order chi connectivity index (χ1) is 3.18. The molecule has 7 heavy (non-hydrogen) atoms. The van der Waals surface area contributed by atoms with E-state index in [-0.39, 0.29) is 11.6 Å². The Morgan fingerprint density at radius 1 is 1.71 bits per heavy atom. The van der Waals surface area contributed by atoms with Crippen molar-refractivity contribution in [3.63, 3.8) is 0 Å². The largest absolute Gasteiger partial charge is 0.307 e. The van der Waals surface area contributed by atoms with Gasteiger partial charge in [0, 0.05) is 5.71 Å². The second-order valence-electron chi connectivity index (χ2n) is 1.81. The average Bonchev–Trinajstić information content (AvgIpc) is 1.65. The second-order valence-corrected chi connectivity index (χ2v) is 1.81. The Labute approximate surface area is 43.0 Å². The first kappa shape index (κ1) is 6.60. The van der Waals surface area contributed by atoms with Crippen LogP contribution in [0.25, 0.3) is 0 Å². The summed E-state index contributed by atoms with van der Waals surface area (Å²) in [5, 5.41) is 6.82. The van der Waals surface area contributed by atoms with E-state index in [1.807, 2.05) is 13.8 Å². The minimum absolute atomic E-state index is 0.0741. The standard InChI is InChI=1S/C5H10FN/c1-4(2)5(7)3-6/h4,7H,3H2,1-2H3. The number of hydrogen-bond donors (Lipinski definition) is 1. The monoisotopic (exact) mass is 103 g/mol. The fourth-order valence-electron chi connectivity index (χ4n) is 0.154. The summed E-state index contributed by atoms with van der Waals surface area (Å²) in [4.78, 5) is 0. The summed E-state index contributed by atoms with van der Waals surface area (Å²) in [5.41, 5.74) is 0.181. The predicted molar refractivity (Wildman–Crippen MR) is 28.5 cm³/mol. The van der Waals surface area contributed by atoms with Crippen LogP contribution in [0.2, 0.25) is 0 Å². The van der Waals surface area contributed by atoms with Crippen molar-refractivity contribution in [3.8, 4) is 0 Å². The molecule has 0 bridgehead atoms. The van der Waals surface area contributed by atoms with Gasteiger partial charge in [-0.2, -0.15) is 0 Å². The minimum atomic E-state index is -0.600. The first-order valence-electron chi connectivity index (χ1n) is 2.31. The van der Waals surface area contributed by atoms with Crippen LogP contribution in [0.5, 0.6) is 0 Å². The number of nitrogens with one attached hydrogen (secondary N) is 1. The van der Waals surface area contributed by atoms with Crippen LogP contribution >= 0.6 is 0 Å². The number of hydrogen-bond acceptors (Lipinski definition) is 1. The van der Waals surface area contributed by atoms with Crippen molar-refractivity contribution in [1.29, 1.82) is 5.41 Å². The van der Waals surface area contributed by atoms with Gasteiger partial charge in [-0.3, -0.25) is 0 Å². The molecule has 0 spiro atoms. The van der Waals surface area contributed by atoms with Crippen molar-refractivity contribution in [3.05, 3.63) is 0 Å². The van der Waals surface area contributed by atoms with Gasteiger partial charge in [-0.05, 0) is 5.92 Å². The molecule has 0 aliphatic carbocycles. The van der Waals surface area contributed by atoms with Gasteiger partial charge in [0.2, 0.25) is 0 Å². The van der Waals surface area contributed by atoms with Crippen molar-refractivity contribution in [2.45, 2.75) is 13.8 Å². The lowest BCUT2D eigenvalue weighted by molar-refractivity contribution is 0.564. The highest BCUT2D eigenvalue weighted by atomic mass is 19.1. The normalized spacial score (nSPS) is 9.71. The molecule has 0 aromatic carbocycles. The third-order valence-corrected chi connectivity index (χ3v) is 0.841. The van der Waals surface area contributed by atoms with E-state index in [0.717, 1.165) is 0 Å². The summed E-state index contributed by atoms with van der Waals surface area (Å²) >= 11 is 0. The number of halogens is 1. The third kappa shape index (κ3) is 2.31. The van der Waals surface area contributed by atoms with E-state index in [2.05, 4.69) is 0 Å². The molecular weight excluding hydrogens is 93.1 g/mol. The molecule has 0 fully saturated rings. The van der Waals surface area contributed by atoms with E-state index in [9.17, 15) is 4.39 Å². The van der Waals surface area contributed by atoms with E-state index in [4.69, 9.17) is 5.41 Å². The molecule has 0 aliphatic rings. The molecule has 1 nitrogen and oxygen atoms in total. The van der Waals surface area contributed by atoms with Gasteiger partial charge >= 0.3 is 0 Å².